The number of anilines is 1. The van der Waals surface area contributed by atoms with Gasteiger partial charge in [0, 0.05) is 31.5 Å². The molecule has 2 heterocycles. The van der Waals surface area contributed by atoms with E-state index in [-0.39, 0.29) is 23.8 Å². The summed E-state index contributed by atoms with van der Waals surface area (Å²) in [6, 6.07) is 14.4. The summed E-state index contributed by atoms with van der Waals surface area (Å²) in [7, 11) is -3.70. The Kier molecular flexibility index (Phi) is 4.99. The molecule has 5 nitrogen and oxygen atoms in total. The first kappa shape index (κ1) is 19.7. The molecule has 0 saturated carbocycles. The first-order valence-corrected chi connectivity index (χ1v) is 11.4. The number of sulfonamides is 1. The summed E-state index contributed by atoms with van der Waals surface area (Å²) in [5, 5.41) is 0. The first-order valence-electron chi connectivity index (χ1n) is 9.93. The largest absolute Gasteiger partial charge is 0.339 e. The van der Waals surface area contributed by atoms with Crippen LogP contribution < -0.4 is 4.31 Å². The Balaban J connectivity index is 1.67. The Hall–Kier alpha value is -2.60. The number of fused-ring (bicyclic) bond motifs is 1. The number of hydrogen-bond acceptors (Lipinski definition) is 3. The fourth-order valence-electron chi connectivity index (χ4n) is 4.21. The van der Waals surface area contributed by atoms with E-state index in [1.165, 1.54) is 4.31 Å². The standard InChI is InChI=1S/C23H26N2O3S/c1-18-10-12-19(13-11-18)29(27,28)25-17-23(2,20-8-4-5-9-21(20)25)16-22(26)24-14-6-3-7-15-24/h3-6,8-13H,7,14-17H2,1-2H3. The maximum Gasteiger partial charge on any atom is 0.264 e. The van der Waals surface area contributed by atoms with Crippen LogP contribution in [0.25, 0.3) is 0 Å². The van der Waals surface area contributed by atoms with Gasteiger partial charge in [0.1, 0.15) is 0 Å². The van der Waals surface area contributed by atoms with Crippen LogP contribution >= 0.6 is 0 Å². The van der Waals surface area contributed by atoms with Crippen molar-refractivity contribution in [3.63, 3.8) is 0 Å². The lowest BCUT2D eigenvalue weighted by atomic mass is 9.81. The zero-order valence-corrected chi connectivity index (χ0v) is 17.7. The van der Waals surface area contributed by atoms with E-state index < -0.39 is 15.4 Å². The van der Waals surface area contributed by atoms with Gasteiger partial charge in [-0.15, -0.1) is 0 Å². The summed E-state index contributed by atoms with van der Waals surface area (Å²) in [6.07, 6.45) is 5.26. The van der Waals surface area contributed by atoms with Gasteiger partial charge >= 0.3 is 0 Å². The Morgan fingerprint density at radius 1 is 1.07 bits per heavy atom. The molecule has 152 valence electrons. The molecule has 2 aliphatic heterocycles. The second-order valence-electron chi connectivity index (χ2n) is 8.18. The van der Waals surface area contributed by atoms with Gasteiger partial charge in [0.15, 0.2) is 0 Å². The van der Waals surface area contributed by atoms with E-state index in [0.29, 0.717) is 12.2 Å². The number of carbonyl (C=O) groups excluding carboxylic acids is 1. The predicted octanol–water partition coefficient (Wildman–Crippen LogP) is 3.64. The van der Waals surface area contributed by atoms with Crippen molar-refractivity contribution < 1.29 is 13.2 Å². The molecule has 2 aliphatic rings. The number of benzene rings is 2. The summed E-state index contributed by atoms with van der Waals surface area (Å²) in [4.78, 5) is 15.1. The number of nitrogens with zero attached hydrogens (tertiary/aromatic N) is 2. The lowest BCUT2D eigenvalue weighted by Crippen LogP contribution is -2.41. The summed E-state index contributed by atoms with van der Waals surface area (Å²) in [5.41, 5.74) is 2.03. The van der Waals surface area contributed by atoms with Gasteiger partial charge in [0.2, 0.25) is 5.91 Å². The summed E-state index contributed by atoms with van der Waals surface area (Å²) in [6.45, 7) is 5.53. The molecule has 0 radical (unpaired) electrons. The summed E-state index contributed by atoms with van der Waals surface area (Å²) >= 11 is 0. The Bertz CT molecular complexity index is 1060. The molecule has 1 unspecified atom stereocenters. The van der Waals surface area contributed by atoms with Crippen molar-refractivity contribution in [3.05, 3.63) is 71.8 Å². The van der Waals surface area contributed by atoms with Gasteiger partial charge in [-0.3, -0.25) is 9.10 Å². The average molecular weight is 411 g/mol. The van der Waals surface area contributed by atoms with Crippen molar-refractivity contribution >= 4 is 21.6 Å². The van der Waals surface area contributed by atoms with E-state index in [0.717, 1.165) is 24.1 Å². The van der Waals surface area contributed by atoms with E-state index in [4.69, 9.17) is 0 Å². The SMILES string of the molecule is Cc1ccc(S(=O)(=O)N2CC(C)(CC(=O)N3CC=CCC3)c3ccccc32)cc1. The van der Waals surface area contributed by atoms with Gasteiger partial charge in [-0.05, 0) is 37.1 Å². The Morgan fingerprint density at radius 3 is 2.48 bits per heavy atom. The minimum atomic E-state index is -3.70. The van der Waals surface area contributed by atoms with Crippen LogP contribution in [0.2, 0.25) is 0 Å². The average Bonchev–Trinajstić information content (AvgIpc) is 3.03. The Morgan fingerprint density at radius 2 is 1.79 bits per heavy atom. The molecule has 0 saturated heterocycles. The molecular formula is C23H26N2O3S. The van der Waals surface area contributed by atoms with E-state index in [2.05, 4.69) is 6.08 Å². The molecule has 1 amide bonds. The minimum Gasteiger partial charge on any atom is -0.339 e. The molecule has 0 aliphatic carbocycles. The van der Waals surface area contributed by atoms with Crippen molar-refractivity contribution in [1.82, 2.24) is 4.90 Å². The second-order valence-corrected chi connectivity index (χ2v) is 10.0. The molecule has 1 atom stereocenters. The fourth-order valence-corrected chi connectivity index (χ4v) is 5.81. The molecule has 6 heteroatoms. The van der Waals surface area contributed by atoms with Gasteiger partial charge in [0.05, 0.1) is 10.6 Å². The smallest absolute Gasteiger partial charge is 0.264 e. The highest BCUT2D eigenvalue weighted by atomic mass is 32.2. The molecule has 4 rings (SSSR count). The summed E-state index contributed by atoms with van der Waals surface area (Å²) in [5.74, 6) is 0.0706. The van der Waals surface area contributed by atoms with Crippen LogP contribution in [0.3, 0.4) is 0 Å². The van der Waals surface area contributed by atoms with Crippen molar-refractivity contribution in [2.75, 3.05) is 23.9 Å². The fraction of sp³-hybridized carbons (Fsp3) is 0.348. The van der Waals surface area contributed by atoms with Gasteiger partial charge in [0.25, 0.3) is 10.0 Å². The summed E-state index contributed by atoms with van der Waals surface area (Å²) < 4.78 is 28.3. The monoisotopic (exact) mass is 410 g/mol. The molecule has 2 aromatic carbocycles. The zero-order chi connectivity index (χ0) is 20.6. The topological polar surface area (TPSA) is 57.7 Å². The number of para-hydroxylation sites is 1. The number of rotatable bonds is 4. The van der Waals surface area contributed by atoms with E-state index in [1.54, 1.807) is 12.1 Å². The Labute approximate surface area is 172 Å². The molecule has 0 N–H and O–H groups in total. The molecule has 0 aromatic heterocycles. The van der Waals surface area contributed by atoms with Gasteiger partial charge in [-0.2, -0.15) is 0 Å². The van der Waals surface area contributed by atoms with Crippen LogP contribution in [-0.4, -0.2) is 38.9 Å². The van der Waals surface area contributed by atoms with E-state index >= 15 is 0 Å². The van der Waals surface area contributed by atoms with Crippen molar-refractivity contribution in [2.24, 2.45) is 0 Å². The number of carbonyl (C=O) groups is 1. The van der Waals surface area contributed by atoms with E-state index in [9.17, 15) is 13.2 Å². The number of amides is 1. The van der Waals surface area contributed by atoms with Gasteiger partial charge < -0.3 is 4.90 Å². The molecule has 0 bridgehead atoms. The molecular weight excluding hydrogens is 384 g/mol. The molecule has 0 spiro atoms. The van der Waals surface area contributed by atoms with Crippen LogP contribution in [0.4, 0.5) is 5.69 Å². The van der Waals surface area contributed by atoms with Gasteiger partial charge in [-0.25, -0.2) is 8.42 Å². The van der Waals surface area contributed by atoms with E-state index in [1.807, 2.05) is 61.2 Å². The third-order valence-electron chi connectivity index (χ3n) is 5.88. The predicted molar refractivity (Wildman–Crippen MR) is 114 cm³/mol. The third kappa shape index (κ3) is 3.57. The normalized spacial score (nSPS) is 21.3. The highest BCUT2D eigenvalue weighted by molar-refractivity contribution is 7.92. The third-order valence-corrected chi connectivity index (χ3v) is 7.65. The lowest BCUT2D eigenvalue weighted by molar-refractivity contribution is -0.132. The molecule has 29 heavy (non-hydrogen) atoms. The van der Waals surface area contributed by atoms with Crippen LogP contribution in [0.5, 0.6) is 0 Å². The lowest BCUT2D eigenvalue weighted by Gasteiger charge is -2.30. The van der Waals surface area contributed by atoms with Crippen LogP contribution in [-0.2, 0) is 20.2 Å². The van der Waals surface area contributed by atoms with Crippen LogP contribution in [0.1, 0.15) is 30.9 Å². The maximum atomic E-state index is 13.4. The van der Waals surface area contributed by atoms with Crippen molar-refractivity contribution in [1.29, 1.82) is 0 Å². The van der Waals surface area contributed by atoms with Crippen LogP contribution in [0.15, 0.2) is 65.6 Å². The van der Waals surface area contributed by atoms with Crippen LogP contribution in [0, 0.1) is 6.92 Å². The zero-order valence-electron chi connectivity index (χ0n) is 16.8. The highest BCUT2D eigenvalue weighted by Gasteiger charge is 2.45. The number of hydrogen-bond donors (Lipinski definition) is 0. The quantitative estimate of drug-likeness (QED) is 0.723. The highest BCUT2D eigenvalue weighted by Crippen LogP contribution is 2.45. The minimum absolute atomic E-state index is 0.0706. The molecule has 0 fully saturated rings. The maximum absolute atomic E-state index is 13.4. The first-order chi connectivity index (χ1) is 13.8. The van der Waals surface area contributed by atoms with Crippen molar-refractivity contribution in [2.45, 2.75) is 37.0 Å². The molecule has 2 aromatic rings. The van der Waals surface area contributed by atoms with Gasteiger partial charge in [-0.1, -0.05) is 55.0 Å². The van der Waals surface area contributed by atoms with Crippen molar-refractivity contribution in [3.8, 4) is 0 Å². The second kappa shape index (κ2) is 7.34. The number of aryl methyl sites for hydroxylation is 1.